The number of benzene rings is 1. The van der Waals surface area contributed by atoms with Crippen LogP contribution in [0.15, 0.2) is 24.3 Å². The van der Waals surface area contributed by atoms with Crippen molar-refractivity contribution >= 4 is 5.91 Å². The summed E-state index contributed by atoms with van der Waals surface area (Å²) in [6.45, 7) is 2.03. The lowest BCUT2D eigenvalue weighted by molar-refractivity contribution is -0.135. The summed E-state index contributed by atoms with van der Waals surface area (Å²) in [6, 6.07) is 7.97. The number of hydrogen-bond donors (Lipinski definition) is 1. The third-order valence-electron chi connectivity index (χ3n) is 4.16. The SMILES string of the molecule is CNC(=O)C1(COC)CCCN1Cc1cccc(OC)c1. The first-order chi connectivity index (χ1) is 10.2. The molecule has 0 bridgehead atoms. The van der Waals surface area contributed by atoms with E-state index >= 15 is 0 Å². The van der Waals surface area contributed by atoms with Gasteiger partial charge in [0.05, 0.1) is 13.7 Å². The van der Waals surface area contributed by atoms with Gasteiger partial charge in [0.25, 0.3) is 0 Å². The van der Waals surface area contributed by atoms with Gasteiger partial charge in [-0.15, -0.1) is 0 Å². The van der Waals surface area contributed by atoms with Crippen molar-refractivity contribution in [2.45, 2.75) is 24.9 Å². The maximum absolute atomic E-state index is 12.4. The lowest BCUT2D eigenvalue weighted by atomic mass is 9.95. The van der Waals surface area contributed by atoms with Crippen LogP contribution < -0.4 is 10.1 Å². The molecule has 0 spiro atoms. The number of likely N-dealkylation sites (N-methyl/N-ethyl adjacent to an activating group) is 1. The molecular formula is C16H24N2O3. The van der Waals surface area contributed by atoms with E-state index in [1.807, 2.05) is 18.2 Å². The molecule has 1 N–H and O–H groups in total. The maximum Gasteiger partial charge on any atom is 0.242 e. The Balaban J connectivity index is 2.21. The molecule has 5 heteroatoms. The summed E-state index contributed by atoms with van der Waals surface area (Å²) in [5.74, 6) is 0.869. The van der Waals surface area contributed by atoms with Crippen LogP contribution in [0.2, 0.25) is 0 Å². The number of carbonyl (C=O) groups is 1. The average molecular weight is 292 g/mol. The summed E-state index contributed by atoms with van der Waals surface area (Å²) in [4.78, 5) is 14.6. The number of amides is 1. The summed E-state index contributed by atoms with van der Waals surface area (Å²) in [5, 5.41) is 2.79. The molecule has 0 saturated carbocycles. The van der Waals surface area contributed by atoms with E-state index in [0.29, 0.717) is 13.2 Å². The lowest BCUT2D eigenvalue weighted by Crippen LogP contribution is -2.57. The van der Waals surface area contributed by atoms with E-state index in [9.17, 15) is 4.79 Å². The number of nitrogens with zero attached hydrogens (tertiary/aromatic N) is 1. The van der Waals surface area contributed by atoms with Crippen LogP contribution in [0, 0.1) is 0 Å². The molecule has 5 nitrogen and oxygen atoms in total. The van der Waals surface area contributed by atoms with Gasteiger partial charge in [0.2, 0.25) is 5.91 Å². The lowest BCUT2D eigenvalue weighted by Gasteiger charge is -2.36. The molecule has 1 aromatic carbocycles. The molecule has 21 heavy (non-hydrogen) atoms. The highest BCUT2D eigenvalue weighted by molar-refractivity contribution is 5.86. The Bertz CT molecular complexity index is 492. The predicted octanol–water partition coefficient (Wildman–Crippen LogP) is 1.42. The van der Waals surface area contributed by atoms with Gasteiger partial charge in [-0.25, -0.2) is 0 Å². The highest BCUT2D eigenvalue weighted by Crippen LogP contribution is 2.32. The van der Waals surface area contributed by atoms with Gasteiger partial charge in [0, 0.05) is 20.7 Å². The van der Waals surface area contributed by atoms with Crippen molar-refractivity contribution in [1.82, 2.24) is 10.2 Å². The Morgan fingerprint density at radius 2 is 2.24 bits per heavy atom. The molecule has 1 unspecified atom stereocenters. The van der Waals surface area contributed by atoms with Crippen LogP contribution in [0.4, 0.5) is 0 Å². The van der Waals surface area contributed by atoms with Crippen molar-refractivity contribution < 1.29 is 14.3 Å². The van der Waals surface area contributed by atoms with E-state index in [1.54, 1.807) is 21.3 Å². The van der Waals surface area contributed by atoms with Gasteiger partial charge in [0.15, 0.2) is 0 Å². The second-order valence-electron chi connectivity index (χ2n) is 5.42. The van der Waals surface area contributed by atoms with Crippen molar-refractivity contribution in [1.29, 1.82) is 0 Å². The molecule has 1 fully saturated rings. The second kappa shape index (κ2) is 6.91. The van der Waals surface area contributed by atoms with Gasteiger partial charge in [-0.1, -0.05) is 12.1 Å². The van der Waals surface area contributed by atoms with Gasteiger partial charge in [-0.2, -0.15) is 0 Å². The van der Waals surface area contributed by atoms with Gasteiger partial charge < -0.3 is 14.8 Å². The van der Waals surface area contributed by atoms with Crippen LogP contribution >= 0.6 is 0 Å². The van der Waals surface area contributed by atoms with E-state index < -0.39 is 5.54 Å². The highest BCUT2D eigenvalue weighted by Gasteiger charge is 2.46. The fourth-order valence-electron chi connectivity index (χ4n) is 3.11. The van der Waals surface area contributed by atoms with Crippen LogP contribution in [0.5, 0.6) is 5.75 Å². The van der Waals surface area contributed by atoms with Gasteiger partial charge in [-0.05, 0) is 37.1 Å². The minimum absolute atomic E-state index is 0.0322. The quantitative estimate of drug-likeness (QED) is 0.861. The Labute approximate surface area is 126 Å². The molecular weight excluding hydrogens is 268 g/mol. The molecule has 116 valence electrons. The minimum atomic E-state index is -0.563. The zero-order valence-electron chi connectivity index (χ0n) is 13.0. The molecule has 1 amide bonds. The van der Waals surface area contributed by atoms with E-state index in [0.717, 1.165) is 30.7 Å². The summed E-state index contributed by atoms with van der Waals surface area (Å²) in [6.07, 6.45) is 1.82. The molecule has 1 atom stereocenters. The van der Waals surface area contributed by atoms with E-state index in [4.69, 9.17) is 9.47 Å². The molecule has 0 radical (unpaired) electrons. The molecule has 2 rings (SSSR count). The first kappa shape index (κ1) is 15.8. The minimum Gasteiger partial charge on any atom is -0.497 e. The van der Waals surface area contributed by atoms with E-state index in [2.05, 4.69) is 16.3 Å². The second-order valence-corrected chi connectivity index (χ2v) is 5.42. The van der Waals surface area contributed by atoms with Crippen LogP contribution in [0.3, 0.4) is 0 Å². The van der Waals surface area contributed by atoms with Crippen molar-refractivity contribution in [2.75, 3.05) is 34.4 Å². The molecule has 0 aliphatic carbocycles. The van der Waals surface area contributed by atoms with Gasteiger partial charge in [0.1, 0.15) is 11.3 Å². The van der Waals surface area contributed by atoms with Crippen LogP contribution in [-0.4, -0.2) is 50.8 Å². The molecule has 1 aliphatic rings. The Hall–Kier alpha value is -1.59. The summed E-state index contributed by atoms with van der Waals surface area (Å²) < 4.78 is 10.6. The molecule has 1 aliphatic heterocycles. The van der Waals surface area contributed by atoms with Crippen molar-refractivity contribution in [3.63, 3.8) is 0 Å². The van der Waals surface area contributed by atoms with Crippen LogP contribution in [0.1, 0.15) is 18.4 Å². The zero-order valence-corrected chi connectivity index (χ0v) is 13.0. The number of nitrogens with one attached hydrogen (secondary N) is 1. The normalized spacial score (nSPS) is 22.2. The number of likely N-dealkylation sites (tertiary alicyclic amines) is 1. The van der Waals surface area contributed by atoms with Gasteiger partial charge >= 0.3 is 0 Å². The number of hydrogen-bond acceptors (Lipinski definition) is 4. The van der Waals surface area contributed by atoms with Crippen molar-refractivity contribution in [3.05, 3.63) is 29.8 Å². The molecule has 1 aromatic rings. The zero-order chi connectivity index (χ0) is 15.3. The first-order valence-electron chi connectivity index (χ1n) is 7.25. The maximum atomic E-state index is 12.4. The molecule has 0 aromatic heterocycles. The average Bonchev–Trinajstić information content (AvgIpc) is 2.91. The van der Waals surface area contributed by atoms with Crippen LogP contribution in [0.25, 0.3) is 0 Å². The Morgan fingerprint density at radius 3 is 2.90 bits per heavy atom. The van der Waals surface area contributed by atoms with Gasteiger partial charge in [-0.3, -0.25) is 9.69 Å². The summed E-state index contributed by atoms with van der Waals surface area (Å²) in [5.41, 5.74) is 0.577. The Kier molecular flexibility index (Phi) is 5.20. The number of methoxy groups -OCH3 is 2. The number of ether oxygens (including phenoxy) is 2. The molecule has 1 heterocycles. The smallest absolute Gasteiger partial charge is 0.242 e. The van der Waals surface area contributed by atoms with Crippen molar-refractivity contribution in [2.24, 2.45) is 0 Å². The standard InChI is InChI=1S/C16H24N2O3/c1-17-15(19)16(12-20-2)8-5-9-18(16)11-13-6-4-7-14(10-13)21-3/h4,6-7,10H,5,8-9,11-12H2,1-3H3,(H,17,19). The first-order valence-corrected chi connectivity index (χ1v) is 7.25. The summed E-state index contributed by atoms with van der Waals surface area (Å²) >= 11 is 0. The fraction of sp³-hybridized carbons (Fsp3) is 0.562. The third kappa shape index (κ3) is 3.19. The predicted molar refractivity (Wildman–Crippen MR) is 81.3 cm³/mol. The van der Waals surface area contributed by atoms with Crippen molar-refractivity contribution in [3.8, 4) is 5.75 Å². The highest BCUT2D eigenvalue weighted by atomic mass is 16.5. The monoisotopic (exact) mass is 292 g/mol. The van der Waals surface area contributed by atoms with E-state index in [-0.39, 0.29) is 5.91 Å². The molecule has 1 saturated heterocycles. The topological polar surface area (TPSA) is 50.8 Å². The fourth-order valence-corrected chi connectivity index (χ4v) is 3.11. The van der Waals surface area contributed by atoms with Crippen LogP contribution in [-0.2, 0) is 16.1 Å². The number of carbonyl (C=O) groups excluding carboxylic acids is 1. The number of rotatable bonds is 6. The Morgan fingerprint density at radius 1 is 1.43 bits per heavy atom. The summed E-state index contributed by atoms with van der Waals surface area (Å²) in [7, 11) is 4.99. The third-order valence-corrected chi connectivity index (χ3v) is 4.16. The largest absolute Gasteiger partial charge is 0.497 e. The van der Waals surface area contributed by atoms with E-state index in [1.165, 1.54) is 0 Å².